The molecule has 5 nitrogen and oxygen atoms in total. The van der Waals surface area contributed by atoms with Gasteiger partial charge in [-0.2, -0.15) is 0 Å². The zero-order valence-electron chi connectivity index (χ0n) is 18.6. The van der Waals surface area contributed by atoms with Crippen molar-refractivity contribution in [1.82, 2.24) is 0 Å². The first-order chi connectivity index (χ1) is 15.8. The number of carbonyl (C=O) groups is 2. The van der Waals surface area contributed by atoms with Gasteiger partial charge >= 0.3 is 5.97 Å². The van der Waals surface area contributed by atoms with Gasteiger partial charge in [0, 0.05) is 21.2 Å². The van der Waals surface area contributed by atoms with E-state index in [1.54, 1.807) is 49.4 Å². The van der Waals surface area contributed by atoms with E-state index < -0.39 is 12.1 Å². The molecule has 0 aliphatic rings. The van der Waals surface area contributed by atoms with Gasteiger partial charge in [-0.15, -0.1) is 0 Å². The summed E-state index contributed by atoms with van der Waals surface area (Å²) in [7, 11) is 1.47. The number of benzene rings is 3. The Morgan fingerprint density at radius 1 is 0.909 bits per heavy atom. The highest BCUT2D eigenvalue weighted by Gasteiger charge is 2.21. The van der Waals surface area contributed by atoms with Crippen molar-refractivity contribution in [3.05, 3.63) is 93.0 Å². The average molecular weight is 487 g/mol. The molecule has 3 rings (SSSR count). The molecule has 1 atom stereocenters. The third-order valence-electron chi connectivity index (χ3n) is 5.10. The summed E-state index contributed by atoms with van der Waals surface area (Å²) in [6.45, 7) is 3.79. The van der Waals surface area contributed by atoms with E-state index in [0.29, 0.717) is 27.1 Å². The smallest absolute Gasteiger partial charge is 0.338 e. The van der Waals surface area contributed by atoms with Crippen molar-refractivity contribution in [1.29, 1.82) is 0 Å². The minimum absolute atomic E-state index is 0.193. The van der Waals surface area contributed by atoms with Gasteiger partial charge in [-0.1, -0.05) is 60.5 Å². The van der Waals surface area contributed by atoms with E-state index in [1.165, 1.54) is 13.2 Å². The Labute approximate surface area is 203 Å². The van der Waals surface area contributed by atoms with E-state index in [9.17, 15) is 9.59 Å². The van der Waals surface area contributed by atoms with E-state index in [0.717, 1.165) is 17.5 Å². The fraction of sp³-hybridized carbons (Fsp3) is 0.231. The van der Waals surface area contributed by atoms with Gasteiger partial charge in [0.25, 0.3) is 0 Å². The van der Waals surface area contributed by atoms with Gasteiger partial charge in [-0.25, -0.2) is 4.79 Å². The maximum atomic E-state index is 12.6. The Bertz CT molecular complexity index is 1140. The van der Waals surface area contributed by atoms with Gasteiger partial charge in [-0.3, -0.25) is 4.79 Å². The van der Waals surface area contributed by atoms with Crippen LogP contribution in [0.3, 0.4) is 0 Å². The van der Waals surface area contributed by atoms with Crippen molar-refractivity contribution in [3.8, 4) is 11.5 Å². The molecule has 33 heavy (non-hydrogen) atoms. The highest BCUT2D eigenvalue weighted by Crippen LogP contribution is 2.30. The number of ether oxygens (including phenoxy) is 3. The van der Waals surface area contributed by atoms with Crippen LogP contribution >= 0.6 is 23.2 Å². The van der Waals surface area contributed by atoms with Crippen LogP contribution in [-0.2, 0) is 17.8 Å². The summed E-state index contributed by atoms with van der Waals surface area (Å²) in [6.07, 6.45) is -0.0493. The second-order valence-corrected chi connectivity index (χ2v) is 8.20. The Hall–Kier alpha value is -3.02. The zero-order chi connectivity index (χ0) is 24.0. The quantitative estimate of drug-likeness (QED) is 0.252. The Morgan fingerprint density at radius 2 is 1.61 bits per heavy atom. The minimum Gasteiger partial charge on any atom is -0.493 e. The van der Waals surface area contributed by atoms with Crippen LogP contribution in [0.1, 0.15) is 45.7 Å². The second-order valence-electron chi connectivity index (χ2n) is 7.35. The number of hydrogen-bond donors (Lipinski definition) is 0. The fourth-order valence-corrected chi connectivity index (χ4v) is 3.59. The molecule has 0 N–H and O–H groups in total. The number of methoxy groups -OCH3 is 1. The minimum atomic E-state index is -0.932. The molecule has 0 fully saturated rings. The number of aryl methyl sites for hydroxylation is 1. The van der Waals surface area contributed by atoms with Crippen LogP contribution in [0.2, 0.25) is 10.0 Å². The van der Waals surface area contributed by atoms with Gasteiger partial charge in [0.15, 0.2) is 17.6 Å². The van der Waals surface area contributed by atoms with Crippen molar-refractivity contribution in [2.75, 3.05) is 7.11 Å². The Kier molecular flexibility index (Phi) is 8.37. The molecule has 172 valence electrons. The summed E-state index contributed by atoms with van der Waals surface area (Å²) in [6, 6.07) is 17.1. The molecule has 0 saturated heterocycles. The monoisotopic (exact) mass is 486 g/mol. The number of rotatable bonds is 9. The normalized spacial score (nSPS) is 11.5. The van der Waals surface area contributed by atoms with Crippen LogP contribution in [0.4, 0.5) is 0 Å². The topological polar surface area (TPSA) is 61.8 Å². The van der Waals surface area contributed by atoms with E-state index in [-0.39, 0.29) is 18.0 Å². The number of carbonyl (C=O) groups excluding carboxylic acids is 2. The summed E-state index contributed by atoms with van der Waals surface area (Å²) in [5, 5.41) is 1.03. The average Bonchev–Trinajstić information content (AvgIpc) is 2.82. The summed E-state index contributed by atoms with van der Waals surface area (Å²) in [5.41, 5.74) is 2.62. The molecule has 1 unspecified atom stereocenters. The fourth-order valence-electron chi connectivity index (χ4n) is 3.13. The van der Waals surface area contributed by atoms with Crippen LogP contribution in [0.5, 0.6) is 11.5 Å². The van der Waals surface area contributed by atoms with Gasteiger partial charge in [0.2, 0.25) is 5.78 Å². The number of hydrogen-bond acceptors (Lipinski definition) is 5. The highest BCUT2D eigenvalue weighted by atomic mass is 35.5. The lowest BCUT2D eigenvalue weighted by molar-refractivity contribution is 0.0318. The first-order valence-corrected chi connectivity index (χ1v) is 11.2. The molecule has 0 aliphatic carbocycles. The van der Waals surface area contributed by atoms with Crippen molar-refractivity contribution in [2.24, 2.45) is 0 Å². The van der Waals surface area contributed by atoms with Crippen molar-refractivity contribution < 1.29 is 23.8 Å². The second kappa shape index (κ2) is 11.2. The van der Waals surface area contributed by atoms with E-state index in [4.69, 9.17) is 37.4 Å². The van der Waals surface area contributed by atoms with Crippen molar-refractivity contribution >= 4 is 35.0 Å². The molecule has 0 saturated carbocycles. The number of Topliss-reactive ketones (excluding diaryl/α,β-unsaturated/α-hetero) is 1. The lowest BCUT2D eigenvalue weighted by atomic mass is 10.0. The maximum Gasteiger partial charge on any atom is 0.338 e. The van der Waals surface area contributed by atoms with E-state index in [1.807, 2.05) is 19.1 Å². The molecule has 0 aromatic heterocycles. The van der Waals surface area contributed by atoms with Gasteiger partial charge in [0.1, 0.15) is 6.61 Å². The Balaban J connectivity index is 1.67. The van der Waals surface area contributed by atoms with Crippen LogP contribution in [0, 0.1) is 0 Å². The zero-order valence-corrected chi connectivity index (χ0v) is 20.1. The first-order valence-electron chi connectivity index (χ1n) is 10.4. The lowest BCUT2D eigenvalue weighted by Crippen LogP contribution is -2.24. The highest BCUT2D eigenvalue weighted by molar-refractivity contribution is 6.35. The molecule has 0 spiro atoms. The number of esters is 1. The maximum absolute atomic E-state index is 12.6. The first kappa shape index (κ1) is 24.6. The summed E-state index contributed by atoms with van der Waals surface area (Å²) in [4.78, 5) is 25.2. The van der Waals surface area contributed by atoms with Crippen LogP contribution in [0.25, 0.3) is 0 Å². The van der Waals surface area contributed by atoms with E-state index in [2.05, 4.69) is 0 Å². The summed E-state index contributed by atoms with van der Waals surface area (Å²) >= 11 is 12.1. The predicted octanol–water partition coefficient (Wildman–Crippen LogP) is 6.57. The predicted molar refractivity (Wildman–Crippen MR) is 129 cm³/mol. The molecule has 0 aliphatic heterocycles. The molecule has 0 heterocycles. The lowest BCUT2D eigenvalue weighted by Gasteiger charge is -2.15. The summed E-state index contributed by atoms with van der Waals surface area (Å²) in [5.74, 6) is -0.117. The molecule has 3 aromatic carbocycles. The van der Waals surface area contributed by atoms with Crippen molar-refractivity contribution in [3.63, 3.8) is 0 Å². The third kappa shape index (κ3) is 6.28. The summed E-state index contributed by atoms with van der Waals surface area (Å²) < 4.78 is 16.6. The molecular formula is C26H24Cl2O5. The number of halogens is 2. The van der Waals surface area contributed by atoms with E-state index >= 15 is 0 Å². The molecule has 7 heteroatoms. The Morgan fingerprint density at radius 3 is 2.24 bits per heavy atom. The third-order valence-corrected chi connectivity index (χ3v) is 5.68. The van der Waals surface area contributed by atoms with Gasteiger partial charge in [-0.05, 0) is 49.2 Å². The molecule has 0 amide bonds. The van der Waals surface area contributed by atoms with Crippen LogP contribution in [-0.4, -0.2) is 25.0 Å². The molecule has 0 bridgehead atoms. The molecule has 0 radical (unpaired) electrons. The molecule has 3 aromatic rings. The van der Waals surface area contributed by atoms with Gasteiger partial charge in [0.05, 0.1) is 12.7 Å². The standard InChI is InChI=1S/C26H24Cl2O5/c1-4-17-5-7-18(8-6-17)25(29)16(2)33-26(30)19-10-12-23(24(13-19)31-3)32-15-20-9-11-21(27)14-22(20)28/h5-14,16H,4,15H2,1-3H3. The van der Waals surface area contributed by atoms with Crippen LogP contribution in [0.15, 0.2) is 60.7 Å². The van der Waals surface area contributed by atoms with Crippen molar-refractivity contribution in [2.45, 2.75) is 33.0 Å². The SMILES string of the molecule is CCc1ccc(C(=O)C(C)OC(=O)c2ccc(OCc3ccc(Cl)cc3Cl)c(OC)c2)cc1. The largest absolute Gasteiger partial charge is 0.493 e. The van der Waals surface area contributed by atoms with Crippen LogP contribution < -0.4 is 9.47 Å². The molecular weight excluding hydrogens is 463 g/mol. The number of ketones is 1. The van der Waals surface area contributed by atoms with Gasteiger partial charge < -0.3 is 14.2 Å².